The summed E-state index contributed by atoms with van der Waals surface area (Å²) in [6.07, 6.45) is -5.69. The number of benzene rings is 1. The average Bonchev–Trinajstić information content (AvgIpc) is 2.30. The highest BCUT2D eigenvalue weighted by molar-refractivity contribution is 6.30. The lowest BCUT2D eigenvalue weighted by molar-refractivity contribution is -0.174. The molecule has 0 fully saturated rings. The van der Waals surface area contributed by atoms with E-state index < -0.39 is 30.5 Å². The second-order valence-corrected chi connectivity index (χ2v) is 4.53. The van der Waals surface area contributed by atoms with Gasteiger partial charge in [-0.15, -0.1) is 0 Å². The van der Waals surface area contributed by atoms with Crippen molar-refractivity contribution in [1.29, 1.82) is 0 Å². The molecule has 1 unspecified atom stereocenters. The molecule has 0 aliphatic heterocycles. The fraction of sp³-hybridized carbons (Fsp3) is 0.333. The molecule has 8 heteroatoms. The van der Waals surface area contributed by atoms with Gasteiger partial charge in [0.25, 0.3) is 0 Å². The lowest BCUT2D eigenvalue weighted by Gasteiger charge is -2.18. The van der Waals surface area contributed by atoms with Gasteiger partial charge in [0.2, 0.25) is 0 Å². The summed E-state index contributed by atoms with van der Waals surface area (Å²) < 4.78 is 36.5. The highest BCUT2D eigenvalue weighted by Crippen LogP contribution is 2.16. The van der Waals surface area contributed by atoms with Crippen molar-refractivity contribution >= 4 is 23.5 Å². The van der Waals surface area contributed by atoms with Crippen LogP contribution in [0.1, 0.15) is 12.0 Å². The molecule has 4 nitrogen and oxygen atoms in total. The average molecular weight is 310 g/mol. The van der Waals surface area contributed by atoms with Gasteiger partial charge in [-0.1, -0.05) is 23.7 Å². The molecule has 0 spiro atoms. The number of carbonyl (C=O) groups excluding carboxylic acids is 1. The SMILES string of the molecule is O=C(O)CC(Cc1ccc(Cl)cc1)NC(=O)C(F)(F)F. The van der Waals surface area contributed by atoms with Gasteiger partial charge in [0.1, 0.15) is 0 Å². The van der Waals surface area contributed by atoms with Crippen molar-refractivity contribution in [2.75, 3.05) is 0 Å². The third-order valence-corrected chi connectivity index (χ3v) is 2.66. The molecule has 0 saturated carbocycles. The van der Waals surface area contributed by atoms with Crippen LogP contribution in [-0.4, -0.2) is 29.2 Å². The van der Waals surface area contributed by atoms with Gasteiger partial charge in [-0.3, -0.25) is 9.59 Å². The van der Waals surface area contributed by atoms with E-state index in [1.807, 2.05) is 0 Å². The maximum Gasteiger partial charge on any atom is 0.471 e. The van der Waals surface area contributed by atoms with E-state index in [2.05, 4.69) is 0 Å². The molecule has 0 aliphatic carbocycles. The monoisotopic (exact) mass is 309 g/mol. The van der Waals surface area contributed by atoms with Crippen LogP contribution in [0.3, 0.4) is 0 Å². The molecule has 0 saturated heterocycles. The lowest BCUT2D eigenvalue weighted by Crippen LogP contribution is -2.45. The van der Waals surface area contributed by atoms with E-state index in [0.717, 1.165) is 0 Å². The number of hydrogen-bond acceptors (Lipinski definition) is 2. The minimum absolute atomic E-state index is 0.0364. The number of amides is 1. The van der Waals surface area contributed by atoms with Crippen molar-refractivity contribution in [2.45, 2.75) is 25.1 Å². The molecule has 1 aromatic rings. The quantitative estimate of drug-likeness (QED) is 0.877. The van der Waals surface area contributed by atoms with Gasteiger partial charge in [-0.05, 0) is 24.1 Å². The molecule has 0 bridgehead atoms. The third-order valence-electron chi connectivity index (χ3n) is 2.41. The van der Waals surface area contributed by atoms with Crippen molar-refractivity contribution in [2.24, 2.45) is 0 Å². The van der Waals surface area contributed by atoms with Crippen molar-refractivity contribution in [3.63, 3.8) is 0 Å². The van der Waals surface area contributed by atoms with Gasteiger partial charge in [0.05, 0.1) is 6.42 Å². The minimum Gasteiger partial charge on any atom is -0.481 e. The fourth-order valence-electron chi connectivity index (χ4n) is 1.56. The predicted molar refractivity (Wildman–Crippen MR) is 65.4 cm³/mol. The molecule has 1 aromatic carbocycles. The third kappa shape index (κ3) is 5.48. The van der Waals surface area contributed by atoms with Crippen LogP contribution < -0.4 is 5.32 Å². The Morgan fingerprint density at radius 2 is 1.80 bits per heavy atom. The Morgan fingerprint density at radius 1 is 1.25 bits per heavy atom. The first-order valence-electron chi connectivity index (χ1n) is 5.52. The highest BCUT2D eigenvalue weighted by Gasteiger charge is 2.39. The summed E-state index contributed by atoms with van der Waals surface area (Å²) in [6.45, 7) is 0. The molecule has 0 aliphatic rings. The summed E-state index contributed by atoms with van der Waals surface area (Å²) >= 11 is 5.66. The first-order valence-corrected chi connectivity index (χ1v) is 5.90. The Labute approximate surface area is 117 Å². The molecule has 20 heavy (non-hydrogen) atoms. The molecule has 1 amide bonds. The van der Waals surface area contributed by atoms with Crippen molar-refractivity contribution in [1.82, 2.24) is 5.32 Å². The van der Waals surface area contributed by atoms with Gasteiger partial charge >= 0.3 is 18.1 Å². The number of nitrogens with one attached hydrogen (secondary N) is 1. The maximum atomic E-state index is 12.2. The number of carbonyl (C=O) groups is 2. The van der Waals surface area contributed by atoms with E-state index in [4.69, 9.17) is 16.7 Å². The number of aliphatic carboxylic acids is 1. The Kier molecular flexibility index (Phi) is 5.38. The summed E-state index contributed by atoms with van der Waals surface area (Å²) in [4.78, 5) is 21.5. The maximum absolute atomic E-state index is 12.2. The Morgan fingerprint density at radius 3 is 2.25 bits per heavy atom. The molecule has 1 atom stereocenters. The first kappa shape index (κ1) is 16.3. The molecule has 110 valence electrons. The smallest absolute Gasteiger partial charge is 0.471 e. The standard InChI is InChI=1S/C12H11ClF3NO3/c13-8-3-1-7(2-4-8)5-9(6-10(18)19)17-11(20)12(14,15)16/h1-4,9H,5-6H2,(H,17,20)(H,18,19). The van der Waals surface area contributed by atoms with Crippen molar-refractivity contribution in [3.05, 3.63) is 34.9 Å². The Hall–Kier alpha value is -1.76. The summed E-state index contributed by atoms with van der Waals surface area (Å²) in [5.74, 6) is -3.45. The molecular formula is C12H11ClF3NO3. The predicted octanol–water partition coefficient (Wildman–Crippen LogP) is 2.40. The Balaban J connectivity index is 2.76. The van der Waals surface area contributed by atoms with Crippen LogP contribution in [-0.2, 0) is 16.0 Å². The lowest BCUT2D eigenvalue weighted by atomic mass is 10.0. The van der Waals surface area contributed by atoms with Crippen LogP contribution in [0.4, 0.5) is 13.2 Å². The largest absolute Gasteiger partial charge is 0.481 e. The fourth-order valence-corrected chi connectivity index (χ4v) is 1.68. The van der Waals surface area contributed by atoms with Gasteiger partial charge < -0.3 is 10.4 Å². The number of carboxylic acids is 1. The zero-order valence-electron chi connectivity index (χ0n) is 10.1. The van der Waals surface area contributed by atoms with Gasteiger partial charge in [-0.2, -0.15) is 13.2 Å². The summed E-state index contributed by atoms with van der Waals surface area (Å²) in [6, 6.07) is 5.01. The minimum atomic E-state index is -5.04. The van der Waals surface area contributed by atoms with E-state index in [1.165, 1.54) is 12.1 Å². The number of carboxylic acid groups (broad SMARTS) is 1. The van der Waals surface area contributed by atoms with E-state index in [-0.39, 0.29) is 6.42 Å². The molecule has 0 aromatic heterocycles. The first-order chi connectivity index (χ1) is 9.18. The van der Waals surface area contributed by atoms with Crippen molar-refractivity contribution in [3.8, 4) is 0 Å². The Bertz CT molecular complexity index is 488. The second kappa shape index (κ2) is 6.60. The zero-order valence-corrected chi connectivity index (χ0v) is 10.8. The van der Waals surface area contributed by atoms with Crippen LogP contribution in [0.5, 0.6) is 0 Å². The second-order valence-electron chi connectivity index (χ2n) is 4.10. The number of halogens is 4. The van der Waals surface area contributed by atoms with E-state index >= 15 is 0 Å². The highest BCUT2D eigenvalue weighted by atomic mass is 35.5. The molecule has 0 heterocycles. The number of alkyl halides is 3. The number of hydrogen-bond donors (Lipinski definition) is 2. The van der Waals surface area contributed by atoms with Gasteiger partial charge in [0, 0.05) is 11.1 Å². The van der Waals surface area contributed by atoms with Crippen LogP contribution in [0, 0.1) is 0 Å². The molecule has 1 rings (SSSR count). The molecule has 2 N–H and O–H groups in total. The summed E-state index contributed by atoms with van der Waals surface area (Å²) in [7, 11) is 0. The van der Waals surface area contributed by atoms with E-state index in [0.29, 0.717) is 10.6 Å². The van der Waals surface area contributed by atoms with Gasteiger partial charge in [0.15, 0.2) is 0 Å². The molecular weight excluding hydrogens is 299 g/mol. The van der Waals surface area contributed by atoms with E-state index in [9.17, 15) is 22.8 Å². The summed E-state index contributed by atoms with van der Waals surface area (Å²) in [5, 5.41) is 10.8. The molecule has 0 radical (unpaired) electrons. The zero-order chi connectivity index (χ0) is 15.3. The van der Waals surface area contributed by atoms with Gasteiger partial charge in [-0.25, -0.2) is 0 Å². The topological polar surface area (TPSA) is 66.4 Å². The normalized spacial score (nSPS) is 12.8. The number of rotatable bonds is 5. The van der Waals surface area contributed by atoms with Crippen LogP contribution in [0.25, 0.3) is 0 Å². The van der Waals surface area contributed by atoms with Crippen LogP contribution in [0.15, 0.2) is 24.3 Å². The van der Waals surface area contributed by atoms with Crippen LogP contribution in [0.2, 0.25) is 5.02 Å². The van der Waals surface area contributed by atoms with Crippen LogP contribution >= 0.6 is 11.6 Å². The van der Waals surface area contributed by atoms with Crippen molar-refractivity contribution < 1.29 is 27.9 Å². The summed E-state index contributed by atoms with van der Waals surface area (Å²) in [5.41, 5.74) is 0.572. The van der Waals surface area contributed by atoms with E-state index in [1.54, 1.807) is 17.4 Å².